The predicted molar refractivity (Wildman–Crippen MR) is 92.9 cm³/mol. The minimum Gasteiger partial charge on any atom is -0.336 e. The van der Waals surface area contributed by atoms with E-state index in [1.807, 2.05) is 0 Å². The number of nitrogens with one attached hydrogen (secondary N) is 2. The number of benzene rings is 2. The van der Waals surface area contributed by atoms with Gasteiger partial charge in [0.25, 0.3) is 0 Å². The second kappa shape index (κ2) is 8.37. The number of rotatable bonds is 5. The number of carbonyl (C=O) groups excluding carboxylic acids is 2. The summed E-state index contributed by atoms with van der Waals surface area (Å²) in [7, 11) is 0. The van der Waals surface area contributed by atoms with Crippen molar-refractivity contribution in [3.05, 3.63) is 60.2 Å². The fourth-order valence-corrected chi connectivity index (χ4v) is 2.37. The number of alkyl halides is 3. The van der Waals surface area contributed by atoms with Crippen molar-refractivity contribution in [3.63, 3.8) is 0 Å². The Morgan fingerprint density at radius 3 is 2.23 bits per heavy atom. The highest BCUT2D eigenvalue weighted by atomic mass is 19.4. The van der Waals surface area contributed by atoms with Crippen LogP contribution in [0.4, 0.5) is 29.3 Å². The zero-order valence-corrected chi connectivity index (χ0v) is 14.0. The van der Waals surface area contributed by atoms with Gasteiger partial charge in [0.15, 0.2) is 0 Å². The summed E-state index contributed by atoms with van der Waals surface area (Å²) in [6, 6.07) is 13.0. The molecule has 138 valence electrons. The van der Waals surface area contributed by atoms with E-state index in [9.17, 15) is 22.8 Å². The van der Waals surface area contributed by atoms with Gasteiger partial charge in [-0.25, -0.2) is 4.79 Å². The van der Waals surface area contributed by atoms with Crippen LogP contribution < -0.4 is 15.5 Å². The average molecular weight is 365 g/mol. The van der Waals surface area contributed by atoms with E-state index < -0.39 is 23.7 Å². The minimum atomic E-state index is -4.58. The first kappa shape index (κ1) is 19.3. The van der Waals surface area contributed by atoms with Crippen LogP contribution in [-0.2, 0) is 11.0 Å². The van der Waals surface area contributed by atoms with Crippen molar-refractivity contribution >= 4 is 23.3 Å². The number of urea groups is 1. The maximum Gasteiger partial charge on any atom is 0.418 e. The Labute approximate surface area is 148 Å². The van der Waals surface area contributed by atoms with Crippen LogP contribution in [0.2, 0.25) is 0 Å². The van der Waals surface area contributed by atoms with Crippen molar-refractivity contribution in [1.29, 1.82) is 0 Å². The molecule has 3 amide bonds. The van der Waals surface area contributed by atoms with E-state index in [1.165, 1.54) is 25.1 Å². The lowest BCUT2D eigenvalue weighted by Crippen LogP contribution is -2.39. The zero-order valence-electron chi connectivity index (χ0n) is 14.0. The average Bonchev–Trinajstić information content (AvgIpc) is 2.58. The molecule has 0 saturated heterocycles. The van der Waals surface area contributed by atoms with Gasteiger partial charge >= 0.3 is 12.2 Å². The molecule has 0 fully saturated rings. The first-order valence-corrected chi connectivity index (χ1v) is 7.83. The van der Waals surface area contributed by atoms with Crippen LogP contribution in [0.15, 0.2) is 54.6 Å². The lowest BCUT2D eigenvalue weighted by Gasteiger charge is -2.25. The number of hydrogen-bond donors (Lipinski definition) is 2. The summed E-state index contributed by atoms with van der Waals surface area (Å²) in [4.78, 5) is 24.6. The van der Waals surface area contributed by atoms with E-state index in [-0.39, 0.29) is 18.8 Å². The van der Waals surface area contributed by atoms with Gasteiger partial charge in [-0.1, -0.05) is 30.3 Å². The van der Waals surface area contributed by atoms with Crippen molar-refractivity contribution in [1.82, 2.24) is 5.32 Å². The van der Waals surface area contributed by atoms with Gasteiger partial charge in [-0.3, -0.25) is 4.79 Å². The first-order valence-electron chi connectivity index (χ1n) is 7.83. The summed E-state index contributed by atoms with van der Waals surface area (Å²) >= 11 is 0. The number of halogens is 3. The van der Waals surface area contributed by atoms with E-state index in [0.717, 1.165) is 11.0 Å². The Balaban J connectivity index is 2.02. The highest BCUT2D eigenvalue weighted by Crippen LogP contribution is 2.36. The molecule has 0 spiro atoms. The Morgan fingerprint density at radius 2 is 1.62 bits per heavy atom. The maximum absolute atomic E-state index is 13.1. The molecule has 0 atom stereocenters. The summed E-state index contributed by atoms with van der Waals surface area (Å²) in [6.07, 6.45) is -4.58. The molecule has 0 radical (unpaired) electrons. The number of para-hydroxylation sites is 2. The fourth-order valence-electron chi connectivity index (χ4n) is 2.37. The number of anilines is 2. The molecule has 0 aliphatic heterocycles. The van der Waals surface area contributed by atoms with Gasteiger partial charge in [-0.15, -0.1) is 0 Å². The molecule has 2 aromatic rings. The molecule has 26 heavy (non-hydrogen) atoms. The first-order chi connectivity index (χ1) is 12.3. The van der Waals surface area contributed by atoms with Crippen LogP contribution in [0.1, 0.15) is 12.5 Å². The van der Waals surface area contributed by atoms with E-state index in [1.54, 1.807) is 30.3 Å². The van der Waals surface area contributed by atoms with E-state index in [4.69, 9.17) is 0 Å². The number of hydrogen-bond acceptors (Lipinski definition) is 2. The van der Waals surface area contributed by atoms with Crippen LogP contribution in [0.3, 0.4) is 0 Å². The molecule has 0 heterocycles. The summed E-state index contributed by atoms with van der Waals surface area (Å²) in [6.45, 7) is 1.08. The lowest BCUT2D eigenvalue weighted by atomic mass is 10.1. The molecule has 8 heteroatoms. The molecule has 0 saturated carbocycles. The molecular weight excluding hydrogens is 347 g/mol. The fraction of sp³-hybridized carbons (Fsp3) is 0.222. The zero-order chi connectivity index (χ0) is 19.2. The van der Waals surface area contributed by atoms with E-state index >= 15 is 0 Å². The van der Waals surface area contributed by atoms with Crippen molar-refractivity contribution in [2.24, 2.45) is 0 Å². The highest BCUT2D eigenvalue weighted by Gasteiger charge is 2.35. The minimum absolute atomic E-state index is 0.00949. The quantitative estimate of drug-likeness (QED) is 0.845. The molecule has 0 unspecified atom stereocenters. The third-order valence-corrected chi connectivity index (χ3v) is 3.53. The summed E-state index contributed by atoms with van der Waals surface area (Å²) < 4.78 is 39.4. The Kier molecular flexibility index (Phi) is 6.21. The van der Waals surface area contributed by atoms with Gasteiger partial charge in [0.05, 0.1) is 11.3 Å². The molecule has 0 aromatic heterocycles. The Hall–Kier alpha value is -3.03. The Bertz CT molecular complexity index is 764. The van der Waals surface area contributed by atoms with Crippen LogP contribution in [0.25, 0.3) is 0 Å². The molecular formula is C18H18F3N3O2. The van der Waals surface area contributed by atoms with Crippen LogP contribution in [0.5, 0.6) is 0 Å². The molecule has 0 bridgehead atoms. The van der Waals surface area contributed by atoms with E-state index in [2.05, 4.69) is 10.6 Å². The van der Waals surface area contributed by atoms with Crippen LogP contribution in [0, 0.1) is 0 Å². The smallest absolute Gasteiger partial charge is 0.336 e. The van der Waals surface area contributed by atoms with Gasteiger partial charge in [0.1, 0.15) is 0 Å². The van der Waals surface area contributed by atoms with Crippen molar-refractivity contribution in [2.45, 2.75) is 13.1 Å². The largest absolute Gasteiger partial charge is 0.418 e. The Morgan fingerprint density at radius 1 is 1.00 bits per heavy atom. The second-order valence-electron chi connectivity index (χ2n) is 5.43. The molecule has 5 nitrogen and oxygen atoms in total. The molecule has 2 N–H and O–H groups in total. The van der Waals surface area contributed by atoms with E-state index in [0.29, 0.717) is 5.69 Å². The summed E-state index contributed by atoms with van der Waals surface area (Å²) in [5.74, 6) is -0.549. The van der Waals surface area contributed by atoms with Gasteiger partial charge in [-0.05, 0) is 24.3 Å². The summed E-state index contributed by atoms with van der Waals surface area (Å²) in [5.41, 5.74) is -0.558. The normalized spacial score (nSPS) is 10.9. The third kappa shape index (κ3) is 5.23. The lowest BCUT2D eigenvalue weighted by molar-refractivity contribution is -0.137. The topological polar surface area (TPSA) is 61.4 Å². The standard InChI is InChI=1S/C18H18F3N3O2/c1-13(25)24(16-10-6-5-9-15(16)18(19,20)21)12-11-22-17(26)23-14-7-3-2-4-8-14/h2-10H,11-12H2,1H3,(H2,22,23,26). The number of nitrogens with zero attached hydrogens (tertiary/aromatic N) is 1. The molecule has 2 rings (SSSR count). The monoisotopic (exact) mass is 365 g/mol. The van der Waals surface area contributed by atoms with Crippen LogP contribution in [-0.4, -0.2) is 25.0 Å². The number of amides is 3. The highest BCUT2D eigenvalue weighted by molar-refractivity contribution is 5.93. The second-order valence-corrected chi connectivity index (χ2v) is 5.43. The predicted octanol–water partition coefficient (Wildman–Crippen LogP) is 3.88. The number of carbonyl (C=O) groups is 2. The maximum atomic E-state index is 13.1. The molecule has 0 aliphatic carbocycles. The third-order valence-electron chi connectivity index (χ3n) is 3.53. The molecule has 0 aliphatic rings. The van der Waals surface area contributed by atoms with Gasteiger partial charge in [0.2, 0.25) is 5.91 Å². The molecule has 2 aromatic carbocycles. The SMILES string of the molecule is CC(=O)N(CCNC(=O)Nc1ccccc1)c1ccccc1C(F)(F)F. The van der Waals surface area contributed by atoms with Gasteiger partial charge in [0, 0.05) is 25.7 Å². The van der Waals surface area contributed by atoms with Crippen molar-refractivity contribution in [3.8, 4) is 0 Å². The van der Waals surface area contributed by atoms with Gasteiger partial charge in [-0.2, -0.15) is 13.2 Å². The van der Waals surface area contributed by atoms with Crippen molar-refractivity contribution < 1.29 is 22.8 Å². The van der Waals surface area contributed by atoms with Crippen LogP contribution >= 0.6 is 0 Å². The van der Waals surface area contributed by atoms with Gasteiger partial charge < -0.3 is 15.5 Å². The van der Waals surface area contributed by atoms with Crippen molar-refractivity contribution in [2.75, 3.05) is 23.3 Å². The summed E-state index contributed by atoms with van der Waals surface area (Å²) in [5, 5.41) is 5.11.